The highest BCUT2D eigenvalue weighted by Gasteiger charge is 2.09. The molecule has 5 heteroatoms. The van der Waals surface area contributed by atoms with Crippen LogP contribution in [0.1, 0.15) is 131 Å². The topological polar surface area (TPSA) is 56.8 Å². The zero-order chi connectivity index (χ0) is 27.4. The van der Waals surface area contributed by atoms with Gasteiger partial charge >= 0.3 is 0 Å². The van der Waals surface area contributed by atoms with E-state index in [4.69, 9.17) is 14.2 Å². The van der Waals surface area contributed by atoms with Crippen molar-refractivity contribution in [2.24, 2.45) is 16.2 Å². The number of carbonyl (C=O) groups is 1. The summed E-state index contributed by atoms with van der Waals surface area (Å²) < 4.78 is 15.1. The fourth-order valence-corrected chi connectivity index (χ4v) is 1.79. The molecule has 0 aromatic heterocycles. The number of hydrogen-bond donors (Lipinski definition) is 1. The Kier molecular flexibility index (Phi) is 34.0. The molecular formula is C30H71NO4. The number of rotatable bonds is 8. The molecule has 0 aromatic carbocycles. The fourth-order valence-electron chi connectivity index (χ4n) is 1.79. The summed E-state index contributed by atoms with van der Waals surface area (Å²) in [6.07, 6.45) is 3.47. The highest BCUT2D eigenvalue weighted by molar-refractivity contribution is 5.72. The molecule has 1 N–H and O–H groups in total. The molecule has 0 spiro atoms. The van der Waals surface area contributed by atoms with Gasteiger partial charge in [-0.15, -0.1) is 0 Å². The van der Waals surface area contributed by atoms with Gasteiger partial charge in [-0.1, -0.05) is 84.1 Å². The molecule has 0 heterocycles. The summed E-state index contributed by atoms with van der Waals surface area (Å²) in [5.41, 5.74) is 1.26. The molecule has 220 valence electrons. The lowest BCUT2D eigenvalue weighted by Gasteiger charge is -2.18. The monoisotopic (exact) mass is 510 g/mol. The summed E-state index contributed by atoms with van der Waals surface area (Å²) in [5.74, 6) is 0.0595. The SMILES string of the molecule is C.C.CC(=O)NCCC(C)(C)C.CC(C)(C)C.COCCCC(C)(C)C.COCCOC(C)(C)C. The third kappa shape index (κ3) is 97.3. The second kappa shape index (κ2) is 25.0. The van der Waals surface area contributed by atoms with Crippen LogP contribution in [-0.4, -0.2) is 52.1 Å². The Morgan fingerprint density at radius 3 is 1.29 bits per heavy atom. The molecule has 0 radical (unpaired) electrons. The third-order valence-corrected chi connectivity index (χ3v) is 3.35. The van der Waals surface area contributed by atoms with Gasteiger partial charge in [0.1, 0.15) is 0 Å². The second-order valence-electron chi connectivity index (χ2n) is 13.4. The van der Waals surface area contributed by atoms with Crippen molar-refractivity contribution in [3.8, 4) is 0 Å². The highest BCUT2D eigenvalue weighted by Crippen LogP contribution is 2.20. The number of amides is 1. The molecule has 0 aliphatic heterocycles. The van der Waals surface area contributed by atoms with Crippen molar-refractivity contribution >= 4 is 5.91 Å². The van der Waals surface area contributed by atoms with E-state index in [-0.39, 0.29) is 26.4 Å². The smallest absolute Gasteiger partial charge is 0.216 e. The summed E-state index contributed by atoms with van der Waals surface area (Å²) >= 11 is 0. The van der Waals surface area contributed by atoms with Gasteiger partial charge in [-0.2, -0.15) is 0 Å². The Morgan fingerprint density at radius 1 is 0.657 bits per heavy atom. The van der Waals surface area contributed by atoms with Crippen LogP contribution in [0.5, 0.6) is 0 Å². The molecule has 0 rings (SSSR count). The van der Waals surface area contributed by atoms with Crippen molar-refractivity contribution < 1.29 is 19.0 Å². The van der Waals surface area contributed by atoms with Crippen LogP contribution < -0.4 is 5.32 Å². The van der Waals surface area contributed by atoms with Crippen molar-refractivity contribution in [2.45, 2.75) is 137 Å². The van der Waals surface area contributed by atoms with Crippen LogP contribution in [0, 0.1) is 16.2 Å². The van der Waals surface area contributed by atoms with Crippen molar-refractivity contribution in [1.29, 1.82) is 0 Å². The van der Waals surface area contributed by atoms with Crippen LogP contribution in [0.3, 0.4) is 0 Å². The first-order chi connectivity index (χ1) is 14.5. The van der Waals surface area contributed by atoms with Gasteiger partial charge in [-0.3, -0.25) is 4.79 Å². The van der Waals surface area contributed by atoms with Crippen LogP contribution >= 0.6 is 0 Å². The summed E-state index contributed by atoms with van der Waals surface area (Å²) in [6, 6.07) is 0. The Bertz CT molecular complexity index is 396. The Morgan fingerprint density at radius 2 is 1.03 bits per heavy atom. The van der Waals surface area contributed by atoms with E-state index in [1.54, 1.807) is 21.1 Å². The first-order valence-electron chi connectivity index (χ1n) is 12.4. The maximum Gasteiger partial charge on any atom is 0.216 e. The molecule has 0 bridgehead atoms. The molecule has 0 saturated heterocycles. The molecule has 0 unspecified atom stereocenters. The van der Waals surface area contributed by atoms with Gasteiger partial charge in [0.15, 0.2) is 0 Å². The molecule has 0 fully saturated rings. The van der Waals surface area contributed by atoms with Gasteiger partial charge in [-0.25, -0.2) is 0 Å². The minimum absolute atomic E-state index is 0. The zero-order valence-electron chi connectivity index (χ0n) is 25.6. The first kappa shape index (κ1) is 47.5. The highest BCUT2D eigenvalue weighted by atomic mass is 16.5. The van der Waals surface area contributed by atoms with Crippen LogP contribution in [0.25, 0.3) is 0 Å². The summed E-state index contributed by atoms with van der Waals surface area (Å²) in [4.78, 5) is 10.4. The van der Waals surface area contributed by atoms with E-state index in [0.717, 1.165) is 19.6 Å². The molecule has 0 saturated carbocycles. The van der Waals surface area contributed by atoms with Crippen LogP contribution in [0.15, 0.2) is 0 Å². The number of methoxy groups -OCH3 is 2. The van der Waals surface area contributed by atoms with Crippen molar-refractivity contribution in [3.63, 3.8) is 0 Å². The lowest BCUT2D eigenvalue weighted by molar-refractivity contribution is -0.119. The lowest BCUT2D eigenvalue weighted by atomic mass is 9.91. The maximum absolute atomic E-state index is 10.4. The van der Waals surface area contributed by atoms with Crippen LogP contribution in [0.4, 0.5) is 0 Å². The normalized spacial score (nSPS) is 11.1. The third-order valence-electron chi connectivity index (χ3n) is 3.35. The largest absolute Gasteiger partial charge is 0.385 e. The van der Waals surface area contributed by atoms with Crippen LogP contribution in [-0.2, 0) is 19.0 Å². The first-order valence-corrected chi connectivity index (χ1v) is 12.4. The standard InChI is InChI=1S/C8H17NO.C8H18O.C7H16O2.C5H12.2CH4/c1-7(10)9-6-5-8(2,3)4;1-8(2,3)6-5-7-9-4;1-7(2,3)9-6-5-8-4;1-5(2,3)4;;/h5-6H2,1-4H3,(H,9,10);5-7H2,1-4H3;5-6H2,1-4H3;1-4H3;2*1H4. The predicted octanol–water partition coefficient (Wildman–Crippen LogP) is 8.79. The average Bonchev–Trinajstić information content (AvgIpc) is 2.51. The Balaban J connectivity index is -0.0000000804. The number of carbonyl (C=O) groups excluding carboxylic acids is 1. The molecule has 0 aliphatic rings. The molecule has 0 atom stereocenters. The van der Waals surface area contributed by atoms with Crippen molar-refractivity contribution in [1.82, 2.24) is 5.32 Å². The second-order valence-corrected chi connectivity index (χ2v) is 13.4. The van der Waals surface area contributed by atoms with Gasteiger partial charge in [0.25, 0.3) is 0 Å². The zero-order valence-corrected chi connectivity index (χ0v) is 25.6. The van der Waals surface area contributed by atoms with Crippen molar-refractivity contribution in [2.75, 3.05) is 40.6 Å². The maximum atomic E-state index is 10.4. The number of nitrogens with one attached hydrogen (secondary N) is 1. The fraction of sp³-hybridized carbons (Fsp3) is 0.967. The van der Waals surface area contributed by atoms with Crippen molar-refractivity contribution in [3.05, 3.63) is 0 Å². The number of hydrogen-bond acceptors (Lipinski definition) is 4. The summed E-state index contributed by atoms with van der Waals surface area (Å²) in [6.45, 7) is 32.7. The van der Waals surface area contributed by atoms with E-state index in [2.05, 4.69) is 74.6 Å². The van der Waals surface area contributed by atoms with Gasteiger partial charge in [-0.05, 0) is 56.3 Å². The minimum atomic E-state index is -0.0292. The predicted molar refractivity (Wildman–Crippen MR) is 159 cm³/mol. The Labute approximate surface area is 223 Å². The molecule has 1 amide bonds. The molecular weight excluding hydrogens is 438 g/mol. The van der Waals surface area contributed by atoms with E-state index in [1.165, 1.54) is 12.8 Å². The van der Waals surface area contributed by atoms with E-state index in [9.17, 15) is 4.79 Å². The van der Waals surface area contributed by atoms with E-state index in [0.29, 0.717) is 29.5 Å². The van der Waals surface area contributed by atoms with E-state index in [1.807, 2.05) is 20.8 Å². The molecule has 5 nitrogen and oxygen atoms in total. The van der Waals surface area contributed by atoms with E-state index < -0.39 is 0 Å². The molecule has 35 heavy (non-hydrogen) atoms. The minimum Gasteiger partial charge on any atom is -0.385 e. The summed E-state index contributed by atoms with van der Waals surface area (Å²) in [5, 5.41) is 2.76. The molecule has 0 aromatic rings. The quantitative estimate of drug-likeness (QED) is 0.332. The summed E-state index contributed by atoms with van der Waals surface area (Å²) in [7, 11) is 3.43. The van der Waals surface area contributed by atoms with Gasteiger partial charge in [0.05, 0.1) is 18.8 Å². The average molecular weight is 510 g/mol. The van der Waals surface area contributed by atoms with Gasteiger partial charge < -0.3 is 19.5 Å². The van der Waals surface area contributed by atoms with Gasteiger partial charge in [0, 0.05) is 34.3 Å². The van der Waals surface area contributed by atoms with Crippen LogP contribution in [0.2, 0.25) is 0 Å². The number of ether oxygens (including phenoxy) is 3. The lowest BCUT2D eigenvalue weighted by Crippen LogP contribution is -2.24. The molecule has 0 aliphatic carbocycles. The van der Waals surface area contributed by atoms with E-state index >= 15 is 0 Å². The Hall–Kier alpha value is -0.650. The van der Waals surface area contributed by atoms with Gasteiger partial charge in [0.2, 0.25) is 5.91 Å².